The average Bonchev–Trinajstić information content (AvgIpc) is 2.22. The molecule has 2 nitrogen and oxygen atoms in total. The zero-order valence-electron chi connectivity index (χ0n) is 9.38. The molecule has 1 aliphatic rings. The molecule has 1 N–H and O–H groups in total. The Hall–Kier alpha value is -1.14. The lowest BCUT2D eigenvalue weighted by molar-refractivity contribution is -0.137. The number of aliphatic hydroxyl groups is 1. The first-order chi connectivity index (χ1) is 8.36. The molecule has 0 aliphatic heterocycles. The van der Waals surface area contributed by atoms with Crippen molar-refractivity contribution in [2.75, 3.05) is 0 Å². The summed E-state index contributed by atoms with van der Waals surface area (Å²) in [7, 11) is 0. The Bertz CT molecular complexity index is 425. The van der Waals surface area contributed by atoms with Gasteiger partial charge >= 0.3 is 6.18 Å². The number of hydrogen-bond acceptors (Lipinski definition) is 2. The van der Waals surface area contributed by atoms with E-state index in [-0.39, 0.29) is 24.4 Å². The van der Waals surface area contributed by atoms with Crippen LogP contribution in [0.25, 0.3) is 0 Å². The van der Waals surface area contributed by atoms with Crippen LogP contribution < -0.4 is 0 Å². The zero-order valence-corrected chi connectivity index (χ0v) is 9.38. The molecule has 0 unspecified atom stereocenters. The minimum absolute atomic E-state index is 0.0820. The van der Waals surface area contributed by atoms with Gasteiger partial charge in [0.15, 0.2) is 0 Å². The van der Waals surface area contributed by atoms with Crippen LogP contribution >= 0.6 is 0 Å². The third-order valence-electron chi connectivity index (χ3n) is 2.92. The lowest BCUT2D eigenvalue weighted by Gasteiger charge is -2.31. The first-order valence-corrected chi connectivity index (χ1v) is 5.51. The van der Waals surface area contributed by atoms with Crippen LogP contribution in [0.5, 0.6) is 0 Å². The molecule has 0 aromatic heterocycles. The minimum Gasteiger partial charge on any atom is -0.393 e. The topological polar surface area (TPSA) is 29.5 Å². The second kappa shape index (κ2) is 4.85. The smallest absolute Gasteiger partial charge is 0.393 e. The van der Waals surface area contributed by atoms with Crippen molar-refractivity contribution in [3.8, 4) is 0 Å². The van der Waals surface area contributed by atoms with Crippen LogP contribution in [0.3, 0.4) is 0 Å². The summed E-state index contributed by atoms with van der Waals surface area (Å²) in [5, 5.41) is 9.02. The molecule has 0 spiro atoms. The van der Waals surface area contributed by atoms with Crippen LogP contribution in [0.15, 0.2) is 18.2 Å². The number of ether oxygens (including phenoxy) is 1. The van der Waals surface area contributed by atoms with E-state index in [1.165, 1.54) is 0 Å². The number of benzene rings is 1. The van der Waals surface area contributed by atoms with Crippen molar-refractivity contribution in [3.63, 3.8) is 0 Å². The van der Waals surface area contributed by atoms with Crippen molar-refractivity contribution < 1.29 is 27.4 Å². The Kier molecular flexibility index (Phi) is 3.59. The fourth-order valence-electron chi connectivity index (χ4n) is 1.72. The molecule has 6 heteroatoms. The van der Waals surface area contributed by atoms with E-state index >= 15 is 0 Å². The van der Waals surface area contributed by atoms with Crippen LogP contribution in [0.4, 0.5) is 17.6 Å². The van der Waals surface area contributed by atoms with Gasteiger partial charge in [-0.15, -0.1) is 0 Å². The molecule has 18 heavy (non-hydrogen) atoms. The highest BCUT2D eigenvalue weighted by Gasteiger charge is 2.31. The summed E-state index contributed by atoms with van der Waals surface area (Å²) in [5.74, 6) is -0.926. The predicted octanol–water partition coefficient (Wildman–Crippen LogP) is 2.88. The number of hydrogen-bond donors (Lipinski definition) is 1. The molecule has 1 aliphatic carbocycles. The third-order valence-corrected chi connectivity index (χ3v) is 2.92. The largest absolute Gasteiger partial charge is 0.416 e. The molecule has 0 atom stereocenters. The maximum atomic E-state index is 13.4. The van der Waals surface area contributed by atoms with E-state index in [9.17, 15) is 17.6 Å². The highest BCUT2D eigenvalue weighted by atomic mass is 19.4. The van der Waals surface area contributed by atoms with Gasteiger partial charge in [0.05, 0.1) is 24.4 Å². The van der Waals surface area contributed by atoms with Gasteiger partial charge in [0.25, 0.3) is 0 Å². The standard InChI is InChI=1S/C12H12F4O2/c13-11-3-8(12(14,15)16)2-1-7(11)6-18-10-4-9(17)5-10/h1-3,9-10,17H,4-6H2/t9-,10+. The number of rotatable bonds is 3. The van der Waals surface area contributed by atoms with Crippen molar-refractivity contribution in [1.82, 2.24) is 0 Å². The molecule has 1 aromatic carbocycles. The van der Waals surface area contributed by atoms with Gasteiger partial charge in [-0.25, -0.2) is 4.39 Å². The van der Waals surface area contributed by atoms with Gasteiger partial charge in [0, 0.05) is 5.56 Å². The summed E-state index contributed by atoms with van der Waals surface area (Å²) in [5.41, 5.74) is -0.924. The normalized spacial score (nSPS) is 23.8. The molecule has 100 valence electrons. The van der Waals surface area contributed by atoms with Crippen molar-refractivity contribution in [3.05, 3.63) is 35.1 Å². The second-order valence-electron chi connectivity index (χ2n) is 4.36. The minimum atomic E-state index is -4.54. The first kappa shape index (κ1) is 13.3. The Morgan fingerprint density at radius 3 is 2.44 bits per heavy atom. The van der Waals surface area contributed by atoms with E-state index in [4.69, 9.17) is 9.84 Å². The molecule has 0 bridgehead atoms. The predicted molar refractivity (Wildman–Crippen MR) is 55.2 cm³/mol. The summed E-state index contributed by atoms with van der Waals surface area (Å²) < 4.78 is 55.5. The molecule has 1 saturated carbocycles. The van der Waals surface area contributed by atoms with E-state index < -0.39 is 17.6 Å². The molecule has 0 amide bonds. The number of halogens is 4. The van der Waals surface area contributed by atoms with Crippen LogP contribution in [0, 0.1) is 5.82 Å². The molecular formula is C12H12F4O2. The van der Waals surface area contributed by atoms with Gasteiger partial charge in [-0.1, -0.05) is 6.07 Å². The van der Waals surface area contributed by atoms with E-state index in [1.807, 2.05) is 0 Å². The highest BCUT2D eigenvalue weighted by molar-refractivity contribution is 5.26. The lowest BCUT2D eigenvalue weighted by atomic mass is 9.92. The second-order valence-corrected chi connectivity index (χ2v) is 4.36. The summed E-state index contributed by atoms with van der Waals surface area (Å²) in [6.45, 7) is -0.0820. The molecule has 1 fully saturated rings. The van der Waals surface area contributed by atoms with Crippen LogP contribution in [0.2, 0.25) is 0 Å². The van der Waals surface area contributed by atoms with E-state index in [1.54, 1.807) is 0 Å². The third kappa shape index (κ3) is 3.00. The van der Waals surface area contributed by atoms with Gasteiger partial charge in [-0.3, -0.25) is 0 Å². The molecule has 0 radical (unpaired) electrons. The van der Waals surface area contributed by atoms with E-state index in [0.717, 1.165) is 12.1 Å². The molecule has 1 aromatic rings. The maximum Gasteiger partial charge on any atom is 0.416 e. The van der Waals surface area contributed by atoms with Gasteiger partial charge < -0.3 is 9.84 Å². The van der Waals surface area contributed by atoms with Crippen molar-refractivity contribution in [2.24, 2.45) is 0 Å². The van der Waals surface area contributed by atoms with Crippen LogP contribution in [-0.4, -0.2) is 17.3 Å². The van der Waals surface area contributed by atoms with Gasteiger partial charge in [-0.05, 0) is 25.0 Å². The molecular weight excluding hydrogens is 252 g/mol. The zero-order chi connectivity index (χ0) is 13.3. The van der Waals surface area contributed by atoms with Crippen LogP contribution in [-0.2, 0) is 17.5 Å². The van der Waals surface area contributed by atoms with Gasteiger partial charge in [-0.2, -0.15) is 13.2 Å². The number of alkyl halides is 3. The maximum absolute atomic E-state index is 13.4. The van der Waals surface area contributed by atoms with Gasteiger partial charge in [0.2, 0.25) is 0 Å². The number of aliphatic hydroxyl groups excluding tert-OH is 1. The first-order valence-electron chi connectivity index (χ1n) is 5.51. The summed E-state index contributed by atoms with van der Waals surface area (Å²) >= 11 is 0. The molecule has 0 heterocycles. The average molecular weight is 264 g/mol. The highest BCUT2D eigenvalue weighted by Crippen LogP contribution is 2.31. The molecule has 2 rings (SSSR count). The Balaban J connectivity index is 1.97. The quantitative estimate of drug-likeness (QED) is 0.851. The Morgan fingerprint density at radius 2 is 1.94 bits per heavy atom. The lowest BCUT2D eigenvalue weighted by Crippen LogP contribution is -2.35. The Morgan fingerprint density at radius 1 is 1.28 bits per heavy atom. The van der Waals surface area contributed by atoms with Crippen molar-refractivity contribution in [2.45, 2.75) is 37.8 Å². The van der Waals surface area contributed by atoms with Crippen LogP contribution in [0.1, 0.15) is 24.0 Å². The monoisotopic (exact) mass is 264 g/mol. The van der Waals surface area contributed by atoms with Crippen molar-refractivity contribution >= 4 is 0 Å². The SMILES string of the molecule is O[C@H]1C[C@@H](OCc2ccc(C(F)(F)F)cc2F)C1. The van der Waals surface area contributed by atoms with E-state index in [2.05, 4.69) is 0 Å². The van der Waals surface area contributed by atoms with Gasteiger partial charge in [0.1, 0.15) is 5.82 Å². The Labute approximate surface area is 101 Å². The summed E-state index contributed by atoms with van der Waals surface area (Å²) in [4.78, 5) is 0. The summed E-state index contributed by atoms with van der Waals surface area (Å²) in [6.07, 6.45) is -4.09. The fourth-order valence-corrected chi connectivity index (χ4v) is 1.72. The van der Waals surface area contributed by atoms with E-state index in [0.29, 0.717) is 18.9 Å². The van der Waals surface area contributed by atoms with Crippen molar-refractivity contribution in [1.29, 1.82) is 0 Å². The molecule has 0 saturated heterocycles. The summed E-state index contributed by atoms with van der Waals surface area (Å²) in [6, 6.07) is 2.37. The fraction of sp³-hybridized carbons (Fsp3) is 0.500.